The zero-order valence-corrected chi connectivity index (χ0v) is 10.6. The zero-order chi connectivity index (χ0) is 10.7. The van der Waals surface area contributed by atoms with Gasteiger partial charge in [0, 0.05) is 10.0 Å². The van der Waals surface area contributed by atoms with E-state index in [0.717, 1.165) is 16.5 Å². The number of hydrogen-bond donors (Lipinski definition) is 1. The second-order valence-electron chi connectivity index (χ2n) is 3.79. The lowest BCUT2D eigenvalue weighted by molar-refractivity contribution is 0.151. The van der Waals surface area contributed by atoms with Crippen molar-refractivity contribution >= 4 is 27.5 Å². The van der Waals surface area contributed by atoms with Crippen molar-refractivity contribution in [2.75, 3.05) is 0 Å². The molecule has 0 aromatic heterocycles. The monoisotopic (exact) mass is 276 g/mol. The van der Waals surface area contributed by atoms with Crippen molar-refractivity contribution in [3.05, 3.63) is 33.3 Å². The first kappa shape index (κ1) is 12.0. The number of benzene rings is 1. The van der Waals surface area contributed by atoms with E-state index in [-0.39, 0.29) is 0 Å². The normalized spacial score (nSPS) is 13.3. The van der Waals surface area contributed by atoms with Gasteiger partial charge in [-0.2, -0.15) is 0 Å². The first-order chi connectivity index (χ1) is 6.52. The number of aliphatic hydroxyl groups is 1. The summed E-state index contributed by atoms with van der Waals surface area (Å²) in [5.41, 5.74) is 0.801. The minimum atomic E-state index is -0.472. The second-order valence-corrected chi connectivity index (χ2v) is 5.02. The molecular weight excluding hydrogens is 263 g/mol. The van der Waals surface area contributed by atoms with Crippen LogP contribution >= 0.6 is 27.5 Å². The van der Waals surface area contributed by atoms with Crippen molar-refractivity contribution in [2.24, 2.45) is 5.92 Å². The molecule has 3 heteroatoms. The second kappa shape index (κ2) is 5.15. The van der Waals surface area contributed by atoms with Gasteiger partial charge in [0.2, 0.25) is 0 Å². The summed E-state index contributed by atoms with van der Waals surface area (Å²) in [4.78, 5) is 0. The van der Waals surface area contributed by atoms with Crippen LogP contribution in [0.1, 0.15) is 31.9 Å². The van der Waals surface area contributed by atoms with Crippen molar-refractivity contribution in [1.29, 1.82) is 0 Å². The molecule has 0 fully saturated rings. The first-order valence-electron chi connectivity index (χ1n) is 4.64. The molecule has 1 aromatic rings. The fraction of sp³-hybridized carbons (Fsp3) is 0.455. The summed E-state index contributed by atoms with van der Waals surface area (Å²) < 4.78 is 0.833. The van der Waals surface area contributed by atoms with Crippen LogP contribution in [0, 0.1) is 5.92 Å². The van der Waals surface area contributed by atoms with Crippen LogP contribution in [0.15, 0.2) is 22.7 Å². The Hall–Kier alpha value is -0.0500. The first-order valence-corrected chi connectivity index (χ1v) is 5.81. The van der Waals surface area contributed by atoms with Gasteiger partial charge in [0.1, 0.15) is 0 Å². The standard InChI is InChI=1S/C11H14BrClO/c1-7(2)6-10(14)8-4-3-5-9(12)11(8)13/h3-5,7,10,14H,6H2,1-2H3. The van der Waals surface area contributed by atoms with E-state index in [4.69, 9.17) is 11.6 Å². The minimum absolute atomic E-state index is 0.458. The van der Waals surface area contributed by atoms with E-state index in [1.165, 1.54) is 0 Å². The molecule has 1 nitrogen and oxygen atoms in total. The van der Waals surface area contributed by atoms with Gasteiger partial charge < -0.3 is 5.11 Å². The third-order valence-corrected chi connectivity index (χ3v) is 3.35. The molecule has 0 radical (unpaired) electrons. The molecule has 0 spiro atoms. The van der Waals surface area contributed by atoms with Gasteiger partial charge >= 0.3 is 0 Å². The Morgan fingerprint density at radius 1 is 1.43 bits per heavy atom. The van der Waals surface area contributed by atoms with Gasteiger partial charge in [-0.15, -0.1) is 0 Å². The number of rotatable bonds is 3. The molecule has 78 valence electrons. The van der Waals surface area contributed by atoms with Crippen LogP contribution in [0.3, 0.4) is 0 Å². The van der Waals surface area contributed by atoms with E-state index < -0.39 is 6.10 Å². The van der Waals surface area contributed by atoms with Crippen LogP contribution in [-0.2, 0) is 0 Å². The predicted molar refractivity (Wildman–Crippen MR) is 63.6 cm³/mol. The van der Waals surface area contributed by atoms with Crippen LogP contribution in [-0.4, -0.2) is 5.11 Å². The Labute approximate surface area is 98.2 Å². The van der Waals surface area contributed by atoms with Gasteiger partial charge in [-0.05, 0) is 34.3 Å². The summed E-state index contributed by atoms with van der Waals surface area (Å²) in [5.74, 6) is 0.458. The maximum Gasteiger partial charge on any atom is 0.0807 e. The Morgan fingerprint density at radius 2 is 2.07 bits per heavy atom. The van der Waals surface area contributed by atoms with Gasteiger partial charge in [0.25, 0.3) is 0 Å². The molecule has 1 N–H and O–H groups in total. The topological polar surface area (TPSA) is 20.2 Å². The quantitative estimate of drug-likeness (QED) is 0.878. The molecule has 1 rings (SSSR count). The van der Waals surface area contributed by atoms with Crippen LogP contribution in [0.2, 0.25) is 5.02 Å². The molecule has 1 aromatic carbocycles. The number of aliphatic hydroxyl groups excluding tert-OH is 1. The zero-order valence-electron chi connectivity index (χ0n) is 8.30. The van der Waals surface area contributed by atoms with E-state index in [0.29, 0.717) is 10.9 Å². The van der Waals surface area contributed by atoms with Gasteiger partial charge in [-0.25, -0.2) is 0 Å². The Bertz CT molecular complexity index is 312. The van der Waals surface area contributed by atoms with Crippen molar-refractivity contribution in [3.63, 3.8) is 0 Å². The third-order valence-electron chi connectivity index (χ3n) is 2.04. The average molecular weight is 278 g/mol. The minimum Gasteiger partial charge on any atom is -0.388 e. The molecule has 0 saturated heterocycles. The van der Waals surface area contributed by atoms with E-state index in [2.05, 4.69) is 29.8 Å². The van der Waals surface area contributed by atoms with Crippen LogP contribution < -0.4 is 0 Å². The van der Waals surface area contributed by atoms with Crippen LogP contribution in [0.4, 0.5) is 0 Å². The fourth-order valence-electron chi connectivity index (χ4n) is 1.35. The molecule has 0 heterocycles. The van der Waals surface area contributed by atoms with Crippen molar-refractivity contribution in [2.45, 2.75) is 26.4 Å². The van der Waals surface area contributed by atoms with Gasteiger partial charge in [0.15, 0.2) is 0 Å². The van der Waals surface area contributed by atoms with Crippen molar-refractivity contribution in [1.82, 2.24) is 0 Å². The van der Waals surface area contributed by atoms with Crippen molar-refractivity contribution in [3.8, 4) is 0 Å². The smallest absolute Gasteiger partial charge is 0.0807 e. The Morgan fingerprint density at radius 3 is 2.64 bits per heavy atom. The largest absolute Gasteiger partial charge is 0.388 e. The summed E-state index contributed by atoms with van der Waals surface area (Å²) in [6, 6.07) is 5.61. The van der Waals surface area contributed by atoms with Crippen LogP contribution in [0.25, 0.3) is 0 Å². The fourth-order valence-corrected chi connectivity index (χ4v) is 1.98. The highest BCUT2D eigenvalue weighted by atomic mass is 79.9. The van der Waals surface area contributed by atoms with Crippen LogP contribution in [0.5, 0.6) is 0 Å². The molecule has 1 unspecified atom stereocenters. The molecule has 0 aliphatic rings. The predicted octanol–water partition coefficient (Wildman–Crippen LogP) is 4.18. The lowest BCUT2D eigenvalue weighted by Crippen LogP contribution is -2.02. The lowest BCUT2D eigenvalue weighted by Gasteiger charge is -2.15. The van der Waals surface area contributed by atoms with Gasteiger partial charge in [-0.1, -0.05) is 37.6 Å². The lowest BCUT2D eigenvalue weighted by atomic mass is 10.00. The maximum absolute atomic E-state index is 9.89. The number of halogens is 2. The van der Waals surface area contributed by atoms with Crippen molar-refractivity contribution < 1.29 is 5.11 Å². The summed E-state index contributed by atoms with van der Waals surface area (Å²) in [5, 5.41) is 10.5. The highest BCUT2D eigenvalue weighted by molar-refractivity contribution is 9.10. The highest BCUT2D eigenvalue weighted by Crippen LogP contribution is 2.32. The summed E-state index contributed by atoms with van der Waals surface area (Å²) in [7, 11) is 0. The SMILES string of the molecule is CC(C)CC(O)c1cccc(Br)c1Cl. The van der Waals surface area contributed by atoms with E-state index >= 15 is 0 Å². The molecule has 0 saturated carbocycles. The van der Waals surface area contributed by atoms with E-state index in [9.17, 15) is 5.11 Å². The summed E-state index contributed by atoms with van der Waals surface area (Å²) >= 11 is 9.40. The van der Waals surface area contributed by atoms with Gasteiger partial charge in [0.05, 0.1) is 11.1 Å². The highest BCUT2D eigenvalue weighted by Gasteiger charge is 2.14. The molecule has 0 aliphatic carbocycles. The van der Waals surface area contributed by atoms with Gasteiger partial charge in [-0.3, -0.25) is 0 Å². The molecule has 1 atom stereocenters. The molecule has 14 heavy (non-hydrogen) atoms. The Kier molecular flexibility index (Phi) is 4.42. The molecular formula is C11H14BrClO. The Balaban J connectivity index is 2.89. The van der Waals surface area contributed by atoms with E-state index in [1.54, 1.807) is 0 Å². The molecule has 0 amide bonds. The molecule has 0 bridgehead atoms. The number of hydrogen-bond acceptors (Lipinski definition) is 1. The van der Waals surface area contributed by atoms with E-state index in [1.807, 2.05) is 18.2 Å². The summed E-state index contributed by atoms with van der Waals surface area (Å²) in [6.45, 7) is 4.16. The molecule has 0 aliphatic heterocycles. The maximum atomic E-state index is 9.89. The third kappa shape index (κ3) is 2.97. The average Bonchev–Trinajstić information content (AvgIpc) is 2.08. The summed E-state index contributed by atoms with van der Waals surface area (Å²) in [6.07, 6.45) is 0.260.